The fraction of sp³-hybridized carbons (Fsp3) is 0.333. The van der Waals surface area contributed by atoms with E-state index in [0.29, 0.717) is 0 Å². The van der Waals surface area contributed by atoms with Crippen molar-refractivity contribution in [3.63, 3.8) is 0 Å². The van der Waals surface area contributed by atoms with Crippen LogP contribution >= 0.6 is 0 Å². The average molecular weight is 436 g/mol. The molecule has 0 unspecified atom stereocenters. The lowest BCUT2D eigenvalue weighted by atomic mass is 9.65. The lowest BCUT2D eigenvalue weighted by molar-refractivity contribution is -0.660. The third-order valence-corrected chi connectivity index (χ3v) is 7.86. The van der Waals surface area contributed by atoms with Gasteiger partial charge in [0.25, 0.3) is 0 Å². The number of hydrogen-bond donors (Lipinski definition) is 0. The van der Waals surface area contributed by atoms with E-state index in [1.807, 2.05) is 0 Å². The SMILES string of the molecule is Cc1ccc2c(oc3c2ccc2cc4c(nc23)C(C)(C)CCC4(C)C)c1-c1cccc[n+]1C. The van der Waals surface area contributed by atoms with Gasteiger partial charge >= 0.3 is 0 Å². The Labute approximate surface area is 195 Å². The summed E-state index contributed by atoms with van der Waals surface area (Å²) in [4.78, 5) is 5.33. The maximum absolute atomic E-state index is 6.72. The van der Waals surface area contributed by atoms with Gasteiger partial charge in [-0.3, -0.25) is 0 Å². The Morgan fingerprint density at radius 1 is 0.879 bits per heavy atom. The molecule has 1 aliphatic carbocycles. The number of benzene rings is 2. The van der Waals surface area contributed by atoms with E-state index in [9.17, 15) is 0 Å². The molecule has 0 spiro atoms. The summed E-state index contributed by atoms with van der Waals surface area (Å²) >= 11 is 0. The van der Waals surface area contributed by atoms with Crippen molar-refractivity contribution < 1.29 is 8.98 Å². The molecule has 0 amide bonds. The van der Waals surface area contributed by atoms with Gasteiger partial charge in [-0.2, -0.15) is 0 Å². The molecule has 6 rings (SSSR count). The number of nitrogens with zero attached hydrogens (tertiary/aromatic N) is 2. The molecule has 3 heteroatoms. The third kappa shape index (κ3) is 2.88. The first-order valence-electron chi connectivity index (χ1n) is 11.9. The van der Waals surface area contributed by atoms with Crippen molar-refractivity contribution in [2.24, 2.45) is 7.05 Å². The van der Waals surface area contributed by atoms with Crippen LogP contribution in [0.3, 0.4) is 0 Å². The molecule has 0 aliphatic heterocycles. The predicted octanol–water partition coefficient (Wildman–Crippen LogP) is 7.28. The zero-order chi connectivity index (χ0) is 23.1. The van der Waals surface area contributed by atoms with Gasteiger partial charge in [-0.1, -0.05) is 45.9 Å². The van der Waals surface area contributed by atoms with E-state index >= 15 is 0 Å². The quantitative estimate of drug-likeness (QED) is 0.259. The first-order valence-corrected chi connectivity index (χ1v) is 11.9. The van der Waals surface area contributed by atoms with Gasteiger partial charge in [-0.15, -0.1) is 0 Å². The smallest absolute Gasteiger partial charge is 0.216 e. The molecule has 0 saturated carbocycles. The van der Waals surface area contributed by atoms with Gasteiger partial charge in [0.15, 0.2) is 11.8 Å². The lowest BCUT2D eigenvalue weighted by Gasteiger charge is -2.40. The summed E-state index contributed by atoms with van der Waals surface area (Å²) in [7, 11) is 2.09. The Morgan fingerprint density at radius 2 is 1.61 bits per heavy atom. The fourth-order valence-electron chi connectivity index (χ4n) is 5.64. The number of aryl methyl sites for hydroxylation is 2. The largest absolute Gasteiger partial charge is 0.453 e. The van der Waals surface area contributed by atoms with Crippen LogP contribution in [0.25, 0.3) is 44.1 Å². The van der Waals surface area contributed by atoms with Crippen molar-refractivity contribution in [2.45, 2.75) is 58.3 Å². The van der Waals surface area contributed by atoms with Crippen LogP contribution in [0.4, 0.5) is 0 Å². The molecule has 166 valence electrons. The van der Waals surface area contributed by atoms with E-state index in [0.717, 1.165) is 50.5 Å². The van der Waals surface area contributed by atoms with Crippen LogP contribution < -0.4 is 4.57 Å². The molecule has 1 aliphatic rings. The van der Waals surface area contributed by atoms with Crippen LogP contribution in [-0.2, 0) is 17.9 Å². The number of fused-ring (bicyclic) bond motifs is 6. The summed E-state index contributed by atoms with van der Waals surface area (Å²) in [6.45, 7) is 11.5. The zero-order valence-electron chi connectivity index (χ0n) is 20.4. The first kappa shape index (κ1) is 20.4. The second-order valence-corrected chi connectivity index (χ2v) is 11.1. The predicted molar refractivity (Wildman–Crippen MR) is 136 cm³/mol. The Morgan fingerprint density at radius 3 is 2.39 bits per heavy atom. The molecule has 0 saturated heterocycles. The summed E-state index contributed by atoms with van der Waals surface area (Å²) in [6, 6.07) is 17.5. The summed E-state index contributed by atoms with van der Waals surface area (Å²) < 4.78 is 8.88. The summed E-state index contributed by atoms with van der Waals surface area (Å²) in [5, 5.41) is 3.45. The molecule has 3 nitrogen and oxygen atoms in total. The monoisotopic (exact) mass is 435 g/mol. The van der Waals surface area contributed by atoms with Crippen molar-refractivity contribution >= 4 is 32.8 Å². The molecule has 33 heavy (non-hydrogen) atoms. The van der Waals surface area contributed by atoms with Crippen molar-refractivity contribution in [1.29, 1.82) is 0 Å². The fourth-order valence-corrected chi connectivity index (χ4v) is 5.64. The van der Waals surface area contributed by atoms with Crippen molar-refractivity contribution in [2.75, 3.05) is 0 Å². The molecule has 3 aromatic heterocycles. The van der Waals surface area contributed by atoms with Gasteiger partial charge in [0.2, 0.25) is 5.69 Å². The number of pyridine rings is 2. The Bertz CT molecular complexity index is 1590. The molecular formula is C30H31N2O+. The van der Waals surface area contributed by atoms with E-state index < -0.39 is 0 Å². The van der Waals surface area contributed by atoms with E-state index in [1.54, 1.807) is 0 Å². The summed E-state index contributed by atoms with van der Waals surface area (Å²) in [5.41, 5.74) is 9.15. The highest BCUT2D eigenvalue weighted by molar-refractivity contribution is 6.16. The van der Waals surface area contributed by atoms with Gasteiger partial charge in [0, 0.05) is 33.7 Å². The Balaban J connectivity index is 1.72. The van der Waals surface area contributed by atoms with E-state index in [4.69, 9.17) is 9.40 Å². The van der Waals surface area contributed by atoms with E-state index in [1.165, 1.54) is 23.2 Å². The molecule has 2 aromatic carbocycles. The normalized spacial score (nSPS) is 17.0. The molecule has 3 heterocycles. The molecule has 5 aromatic rings. The summed E-state index contributed by atoms with van der Waals surface area (Å²) in [5.74, 6) is 0. The Kier molecular flexibility index (Phi) is 4.12. The maximum Gasteiger partial charge on any atom is 0.216 e. The standard InChI is InChI=1S/C30H31N2O/c1-18-10-12-20-21-13-11-19-17-22-28(30(4,5)15-14-29(22,2)3)31-25(19)27(21)33-26(20)24(18)23-9-7-8-16-32(23)6/h7-13,16-17H,14-15H2,1-6H3/q+1. The molecule has 0 atom stereocenters. The second-order valence-electron chi connectivity index (χ2n) is 11.1. The first-order chi connectivity index (χ1) is 15.7. The highest BCUT2D eigenvalue weighted by atomic mass is 16.3. The number of hydrogen-bond acceptors (Lipinski definition) is 2. The van der Waals surface area contributed by atoms with Crippen LogP contribution in [0, 0.1) is 6.92 Å². The van der Waals surface area contributed by atoms with Gasteiger partial charge in [0.1, 0.15) is 18.1 Å². The molecule has 0 bridgehead atoms. The molecule has 0 radical (unpaired) electrons. The lowest BCUT2D eigenvalue weighted by Crippen LogP contribution is -2.34. The minimum absolute atomic E-state index is 0.0623. The minimum Gasteiger partial charge on any atom is -0.453 e. The molecular weight excluding hydrogens is 404 g/mol. The average Bonchev–Trinajstić information content (AvgIpc) is 3.16. The van der Waals surface area contributed by atoms with Gasteiger partial charge in [0.05, 0.1) is 11.3 Å². The van der Waals surface area contributed by atoms with Crippen molar-refractivity contribution in [3.8, 4) is 11.3 Å². The van der Waals surface area contributed by atoms with Crippen LogP contribution in [0.1, 0.15) is 57.4 Å². The van der Waals surface area contributed by atoms with E-state index in [2.05, 4.69) is 101 Å². The van der Waals surface area contributed by atoms with Crippen molar-refractivity contribution in [3.05, 3.63) is 71.5 Å². The molecule has 0 N–H and O–H groups in total. The molecule has 0 fully saturated rings. The minimum atomic E-state index is 0.0623. The zero-order valence-corrected chi connectivity index (χ0v) is 20.4. The van der Waals surface area contributed by atoms with Gasteiger partial charge in [-0.25, -0.2) is 9.55 Å². The highest BCUT2D eigenvalue weighted by Crippen LogP contribution is 2.47. The highest BCUT2D eigenvalue weighted by Gasteiger charge is 2.38. The third-order valence-electron chi connectivity index (χ3n) is 7.86. The van der Waals surface area contributed by atoms with Gasteiger partial charge < -0.3 is 4.42 Å². The van der Waals surface area contributed by atoms with Crippen LogP contribution in [-0.4, -0.2) is 4.98 Å². The topological polar surface area (TPSA) is 29.9 Å². The second kappa shape index (κ2) is 6.66. The van der Waals surface area contributed by atoms with Crippen molar-refractivity contribution in [1.82, 2.24) is 4.98 Å². The Hall–Kier alpha value is -3.20. The number of furan rings is 1. The maximum atomic E-state index is 6.72. The van der Waals surface area contributed by atoms with Crippen LogP contribution in [0.5, 0.6) is 0 Å². The van der Waals surface area contributed by atoms with Gasteiger partial charge in [-0.05, 0) is 54.5 Å². The van der Waals surface area contributed by atoms with E-state index in [-0.39, 0.29) is 10.8 Å². The van der Waals surface area contributed by atoms with Crippen LogP contribution in [0.2, 0.25) is 0 Å². The number of aromatic nitrogens is 2. The van der Waals surface area contributed by atoms with Crippen LogP contribution in [0.15, 0.2) is 59.1 Å². The number of rotatable bonds is 1. The summed E-state index contributed by atoms with van der Waals surface area (Å²) in [6.07, 6.45) is 4.42.